The molecule has 0 radical (unpaired) electrons. The molecule has 2 unspecified atom stereocenters. The number of piperazine rings is 1. The number of amides is 5. The number of esters is 1. The summed E-state index contributed by atoms with van der Waals surface area (Å²) in [6, 6.07) is 3.69. The van der Waals surface area contributed by atoms with Crippen LogP contribution in [0.1, 0.15) is 120 Å². The highest BCUT2D eigenvalue weighted by Gasteiger charge is 2.58. The van der Waals surface area contributed by atoms with Crippen LogP contribution in [0.5, 0.6) is 5.75 Å². The van der Waals surface area contributed by atoms with Crippen LogP contribution in [0.25, 0.3) is 11.3 Å². The van der Waals surface area contributed by atoms with Gasteiger partial charge in [0.2, 0.25) is 17.8 Å². The predicted octanol–water partition coefficient (Wildman–Crippen LogP) is 8.48. The van der Waals surface area contributed by atoms with E-state index in [1.807, 2.05) is 5.32 Å². The minimum absolute atomic E-state index is 0.0849. The van der Waals surface area contributed by atoms with Crippen LogP contribution >= 0.6 is 7.82 Å². The largest absolute Gasteiger partial charge is 0.524 e. The van der Waals surface area contributed by atoms with Gasteiger partial charge in [0.05, 0.1) is 86.4 Å². The fraction of sp³-hybridized carbons (Fsp3) is 0.521. The number of alkyl halides is 8. The van der Waals surface area contributed by atoms with Gasteiger partial charge < -0.3 is 54.7 Å². The van der Waals surface area contributed by atoms with Gasteiger partial charge in [0.25, 0.3) is 5.91 Å². The van der Waals surface area contributed by atoms with Crippen molar-refractivity contribution in [1.29, 1.82) is 0 Å². The molecule has 600 valence electrons. The lowest BCUT2D eigenvalue weighted by Crippen LogP contribution is -2.64. The van der Waals surface area contributed by atoms with Crippen molar-refractivity contribution in [3.05, 3.63) is 124 Å². The molecule has 5 aromatic rings. The zero-order valence-corrected chi connectivity index (χ0v) is 62.4. The maximum atomic E-state index is 16.9. The zero-order valence-electron chi connectivity index (χ0n) is 61.5. The highest BCUT2D eigenvalue weighted by molar-refractivity contribution is 7.46. The Hall–Kier alpha value is -9.67. The number of phosphoric acid groups is 1. The number of carbonyl (C=O) groups excluding carboxylic acids is 6. The number of rotatable bonds is 30. The van der Waals surface area contributed by atoms with Gasteiger partial charge >= 0.3 is 50.8 Å². The molecule has 5 amide bonds. The lowest BCUT2D eigenvalue weighted by molar-refractivity contribution is -0.221. The number of aryl methyl sites for hydroxylation is 1. The number of benzene rings is 3. The first-order valence-electron chi connectivity index (χ1n) is 34.2. The van der Waals surface area contributed by atoms with Gasteiger partial charge in [0, 0.05) is 84.5 Å². The summed E-state index contributed by atoms with van der Waals surface area (Å²) in [7, 11) is -4.10. The Labute approximate surface area is 625 Å². The van der Waals surface area contributed by atoms with E-state index in [2.05, 4.69) is 62.2 Å². The number of hydrogen-bond acceptors (Lipinski definition) is 19. The van der Waals surface area contributed by atoms with Crippen LogP contribution in [0.15, 0.2) is 73.2 Å². The summed E-state index contributed by atoms with van der Waals surface area (Å²) in [6.45, 7) is 4.91. The monoisotopic (exact) mass is 1580 g/mol. The number of carbonyl (C=O) groups is 7. The molecule has 3 aromatic carbocycles. The molecule has 2 aromatic heterocycles. The molecule has 28 nitrogen and oxygen atoms in total. The summed E-state index contributed by atoms with van der Waals surface area (Å²) >= 11 is 0. The van der Waals surface area contributed by atoms with Crippen LogP contribution in [0.4, 0.5) is 59.4 Å². The number of nitrogens with zero attached hydrogens (tertiary/aromatic N) is 7. The number of ether oxygens (including phenoxy) is 4. The topological polar surface area (TPSA) is 357 Å². The van der Waals surface area contributed by atoms with Gasteiger partial charge in [0.15, 0.2) is 0 Å². The predicted molar refractivity (Wildman–Crippen MR) is 371 cm³/mol. The van der Waals surface area contributed by atoms with Gasteiger partial charge in [-0.25, -0.2) is 42.6 Å². The molecule has 3 aliphatic heterocycles. The zero-order chi connectivity index (χ0) is 81.6. The van der Waals surface area contributed by atoms with E-state index in [9.17, 15) is 52.2 Å². The van der Waals surface area contributed by atoms with E-state index >= 15 is 44.7 Å². The molecule has 0 saturated carbocycles. The first-order chi connectivity index (χ1) is 51.1. The van der Waals surface area contributed by atoms with Crippen molar-refractivity contribution in [2.45, 2.75) is 168 Å². The number of halogens is 10. The Morgan fingerprint density at radius 3 is 1.81 bits per heavy atom. The Morgan fingerprint density at radius 1 is 0.755 bits per heavy atom. The molecule has 8 rings (SSSR count). The van der Waals surface area contributed by atoms with Crippen LogP contribution in [0.2, 0.25) is 0 Å². The van der Waals surface area contributed by atoms with E-state index in [1.165, 1.54) is 77.3 Å². The number of aromatic nitrogens is 4. The summed E-state index contributed by atoms with van der Waals surface area (Å²) < 4.78 is 191. The first-order valence-corrected chi connectivity index (χ1v) is 35.8. The van der Waals surface area contributed by atoms with Crippen molar-refractivity contribution in [2.24, 2.45) is 16.2 Å². The fourth-order valence-corrected chi connectivity index (χ4v) is 13.3. The number of fused-ring (bicyclic) bond motifs is 2. The molecule has 6 atom stereocenters. The summed E-state index contributed by atoms with van der Waals surface area (Å²) in [5.41, 5.74) is -9.34. The van der Waals surface area contributed by atoms with Gasteiger partial charge in [-0.3, -0.25) is 44.1 Å². The van der Waals surface area contributed by atoms with Crippen LogP contribution in [-0.2, 0) is 72.3 Å². The molecule has 3 fully saturated rings. The number of carboxylic acid groups (broad SMARTS) is 1. The fourth-order valence-electron chi connectivity index (χ4n) is 12.9. The minimum atomic E-state index is -5.58. The van der Waals surface area contributed by atoms with Gasteiger partial charge in [-0.1, -0.05) is 43.9 Å². The van der Waals surface area contributed by atoms with Crippen molar-refractivity contribution < 1.29 is 120 Å². The molecule has 5 heterocycles. The minimum Gasteiger partial charge on any atom is -0.481 e. The quantitative estimate of drug-likeness (QED) is 0.00533. The van der Waals surface area contributed by atoms with Gasteiger partial charge in [-0.15, -0.1) is 0 Å². The van der Waals surface area contributed by atoms with E-state index in [4.69, 9.17) is 14.0 Å². The Morgan fingerprint density at radius 2 is 1.31 bits per heavy atom. The first kappa shape index (κ1) is 85.9. The molecule has 0 spiro atoms. The Kier molecular flexibility index (Phi) is 26.8. The van der Waals surface area contributed by atoms with Crippen LogP contribution < -0.4 is 36.1 Å². The SMILES string of the molecule is COC(=O)N[C@H](C(=O)N[C@@H](Cc1ccc(C#Cc2cnc(N3CC4CCC(C3)N4C3COC3)nc2)cc1)[C@H](CN(Cc1c(F)cc(-c2ccn(C(F)F)n2)cc1F)NC(=O)[C@@H](NC(=O)OC)C(C)(C)C(F)(F)F)OC(=O)CC(C)(C)c1c(CC(=O)NCC(C)(C)C(=O)O)cc(C)cc1OP(=O)(O)O)C(C)(C)C(F)(F)F. The van der Waals surface area contributed by atoms with Crippen LogP contribution in [0.3, 0.4) is 0 Å². The Balaban J connectivity index is 1.27. The summed E-state index contributed by atoms with van der Waals surface area (Å²) in [4.78, 5) is 131. The Bertz CT molecular complexity index is 4280. The molecule has 0 aliphatic carbocycles. The third-order valence-electron chi connectivity index (χ3n) is 19.4. The summed E-state index contributed by atoms with van der Waals surface area (Å²) in [5, 5.41) is 22.3. The number of methoxy groups -OCH3 is 2. The maximum absolute atomic E-state index is 16.9. The number of hydrazine groups is 1. The normalized spacial score (nSPS) is 17.0. The van der Waals surface area contributed by atoms with Crippen molar-refractivity contribution in [3.63, 3.8) is 0 Å². The third-order valence-corrected chi connectivity index (χ3v) is 19.8. The van der Waals surface area contributed by atoms with E-state index in [1.54, 1.807) is 5.32 Å². The number of alkyl carbamates (subject to hydrolysis) is 2. The smallest absolute Gasteiger partial charge is 0.481 e. The summed E-state index contributed by atoms with van der Waals surface area (Å²) in [6.07, 6.45) is -12.9. The van der Waals surface area contributed by atoms with Gasteiger partial charge in [-0.05, 0) is 121 Å². The highest BCUT2D eigenvalue weighted by Crippen LogP contribution is 2.47. The summed E-state index contributed by atoms with van der Waals surface area (Å²) in [5.74, 6) is -4.55. The molecule has 2 bridgehead atoms. The second-order valence-corrected chi connectivity index (χ2v) is 30.6. The van der Waals surface area contributed by atoms with Gasteiger partial charge in [0.1, 0.15) is 35.6 Å². The lowest BCUT2D eigenvalue weighted by Gasteiger charge is -2.47. The van der Waals surface area contributed by atoms with E-state index in [0.717, 1.165) is 45.4 Å². The highest BCUT2D eigenvalue weighted by atomic mass is 31.2. The average molecular weight is 1580 g/mol. The van der Waals surface area contributed by atoms with Crippen LogP contribution in [0, 0.1) is 46.6 Å². The molecule has 8 N–H and O–H groups in total. The lowest BCUT2D eigenvalue weighted by atomic mass is 9.77. The van der Waals surface area contributed by atoms with E-state index in [0.29, 0.717) is 106 Å². The molecule has 110 heavy (non-hydrogen) atoms. The number of phosphoric ester groups is 1. The van der Waals surface area contributed by atoms with Crippen molar-refractivity contribution >= 4 is 55.6 Å². The van der Waals surface area contributed by atoms with Crippen LogP contribution in [-0.4, -0.2) is 195 Å². The molecule has 3 saturated heterocycles. The number of nitrogens with one attached hydrogen (secondary N) is 5. The van der Waals surface area contributed by atoms with E-state index < -0.39 is 188 Å². The number of carboxylic acids is 1. The van der Waals surface area contributed by atoms with Crippen molar-refractivity contribution in [2.75, 3.05) is 58.5 Å². The second kappa shape index (κ2) is 34.3. The number of aliphatic carboxylic acids is 1. The third kappa shape index (κ3) is 21.3. The maximum Gasteiger partial charge on any atom is 0.524 e. The average Bonchev–Trinajstić information content (AvgIpc) is 1.77. The number of hydrogen-bond donors (Lipinski definition) is 8. The molecular formula is C71H85F10N12O16P. The molecule has 39 heteroatoms. The second-order valence-electron chi connectivity index (χ2n) is 29.4. The molecule has 3 aliphatic rings. The molecular weight excluding hydrogens is 1500 g/mol. The van der Waals surface area contributed by atoms with Crippen molar-refractivity contribution in [3.8, 4) is 28.8 Å². The number of anilines is 1. The van der Waals surface area contributed by atoms with Gasteiger partial charge in [-0.2, -0.15) is 40.2 Å². The van der Waals surface area contributed by atoms with Crippen molar-refractivity contribution in [1.82, 2.24) is 56.4 Å². The standard InChI is InChI=1S/C71H85F10N12O16P/c1-38-22-43(27-54(94)84-37-67(4,5)61(98)99)56(52(23-38)109-110(102,103)104)66(2,3)28-55(95)108-53(34-91(89-60(97)58(87-65(101)106-11)69(8,9)71(79,80)81)33-47-48(72)25-42(26-49(47)73)50-20-21-92(88-50)62(74)75)51(85-59(96)57(86-64(100)105-10)68(6,7)70(76,77)78)24-40-15-12-39(13-16-40)14-17-41-29-82-63(83-30-41)90-31-44-18-19-45(32-90)93(44)46-35-107-36-46/h12-13,15-16,20-23,25-26,29-30,44-46,51,53,57-58,62H,18-19,24,27-28,31-37H2,1-11H3,(H,84,94)(H,85,96)(H,86,100)(H,87,101)(H,89,97)(H,98,99)(H2,102,103,104)/t44?,45?,51-,53-,57+,58+/m0/s1. The van der Waals surface area contributed by atoms with E-state index in [-0.39, 0.29) is 26.9 Å².